The monoisotopic (exact) mass is 437 g/mol. The number of likely N-dealkylation sites (tertiary alicyclic amines) is 1. The molecular weight excluding hydrogens is 401 g/mol. The Labute approximate surface area is 182 Å². The molecule has 0 saturated carbocycles. The maximum atomic E-state index is 12.5. The summed E-state index contributed by atoms with van der Waals surface area (Å²) in [5, 5.41) is 3.28. The van der Waals surface area contributed by atoms with Gasteiger partial charge < -0.3 is 20.0 Å². The van der Waals surface area contributed by atoms with Crippen LogP contribution in [0.4, 0.5) is 0 Å². The number of hydrogen-bond donors (Lipinski definition) is 1. The van der Waals surface area contributed by atoms with Crippen LogP contribution in [0.3, 0.4) is 0 Å². The number of carbonyl (C=O) groups excluding carboxylic acids is 2. The standard InChI is InChI=1S/C19H35N5O2.2ClH/c25-18(24-11-6-20-7-12-24)5-10-21-13-15-22(16-14-21)17-19(26)23-8-3-1-2-4-9-23;;/h20H,1-17H2;2*1H. The lowest BCUT2D eigenvalue weighted by atomic mass is 10.2. The highest BCUT2D eigenvalue weighted by Gasteiger charge is 2.23. The Kier molecular flexibility index (Phi) is 12.3. The molecule has 0 bridgehead atoms. The molecule has 3 saturated heterocycles. The molecule has 2 amide bonds. The van der Waals surface area contributed by atoms with Crippen LogP contribution in [0.2, 0.25) is 0 Å². The van der Waals surface area contributed by atoms with Crippen molar-refractivity contribution in [2.24, 2.45) is 0 Å². The van der Waals surface area contributed by atoms with Gasteiger partial charge in [-0.1, -0.05) is 12.8 Å². The largest absolute Gasteiger partial charge is 0.342 e. The van der Waals surface area contributed by atoms with Crippen LogP contribution < -0.4 is 5.32 Å². The minimum atomic E-state index is 0. The third-order valence-electron chi connectivity index (χ3n) is 5.89. The Balaban J connectivity index is 0.00000196. The van der Waals surface area contributed by atoms with Crippen molar-refractivity contribution in [3.05, 3.63) is 0 Å². The number of carbonyl (C=O) groups is 2. The maximum Gasteiger partial charge on any atom is 0.236 e. The number of piperazine rings is 2. The normalized spacial score (nSPS) is 22.0. The van der Waals surface area contributed by atoms with Gasteiger partial charge in [-0.15, -0.1) is 24.8 Å². The van der Waals surface area contributed by atoms with E-state index in [1.54, 1.807) is 0 Å². The smallest absolute Gasteiger partial charge is 0.236 e. The van der Waals surface area contributed by atoms with Gasteiger partial charge in [0.1, 0.15) is 0 Å². The molecule has 3 heterocycles. The Morgan fingerprint density at radius 1 is 0.643 bits per heavy atom. The van der Waals surface area contributed by atoms with Crippen LogP contribution in [0.5, 0.6) is 0 Å². The summed E-state index contributed by atoms with van der Waals surface area (Å²) in [4.78, 5) is 33.5. The topological polar surface area (TPSA) is 59.1 Å². The lowest BCUT2D eigenvalue weighted by molar-refractivity contribution is -0.132. The van der Waals surface area contributed by atoms with Gasteiger partial charge in [0.2, 0.25) is 11.8 Å². The highest BCUT2D eigenvalue weighted by molar-refractivity contribution is 5.85. The van der Waals surface area contributed by atoms with Crippen molar-refractivity contribution in [2.75, 3.05) is 78.5 Å². The lowest BCUT2D eigenvalue weighted by Gasteiger charge is -2.35. The summed E-state index contributed by atoms with van der Waals surface area (Å²) >= 11 is 0. The quantitative estimate of drug-likeness (QED) is 0.684. The zero-order chi connectivity index (χ0) is 18.2. The van der Waals surface area contributed by atoms with Crippen LogP contribution in [-0.2, 0) is 9.59 Å². The molecule has 0 atom stereocenters. The van der Waals surface area contributed by atoms with E-state index in [9.17, 15) is 9.59 Å². The fraction of sp³-hybridized carbons (Fsp3) is 0.895. The zero-order valence-corrected chi connectivity index (χ0v) is 18.6. The molecule has 3 aliphatic heterocycles. The van der Waals surface area contributed by atoms with Crippen molar-refractivity contribution in [2.45, 2.75) is 32.1 Å². The van der Waals surface area contributed by atoms with Crippen LogP contribution in [0.25, 0.3) is 0 Å². The van der Waals surface area contributed by atoms with E-state index >= 15 is 0 Å². The third kappa shape index (κ3) is 8.03. The summed E-state index contributed by atoms with van der Waals surface area (Å²) < 4.78 is 0. The summed E-state index contributed by atoms with van der Waals surface area (Å²) in [6.07, 6.45) is 5.44. The van der Waals surface area contributed by atoms with Crippen molar-refractivity contribution < 1.29 is 9.59 Å². The number of nitrogens with one attached hydrogen (secondary N) is 1. The van der Waals surface area contributed by atoms with Crippen molar-refractivity contribution in [3.8, 4) is 0 Å². The first-order chi connectivity index (χ1) is 12.7. The summed E-state index contributed by atoms with van der Waals surface area (Å²) in [6.45, 7) is 10.6. The second-order valence-electron chi connectivity index (χ2n) is 7.79. The lowest BCUT2D eigenvalue weighted by Crippen LogP contribution is -2.51. The van der Waals surface area contributed by atoms with Gasteiger partial charge in [-0.3, -0.25) is 14.5 Å². The average molecular weight is 438 g/mol. The van der Waals surface area contributed by atoms with E-state index in [4.69, 9.17) is 0 Å². The number of nitrogens with zero attached hydrogens (tertiary/aromatic N) is 4. The van der Waals surface area contributed by atoms with Gasteiger partial charge in [-0.25, -0.2) is 0 Å². The van der Waals surface area contributed by atoms with E-state index in [1.165, 1.54) is 12.8 Å². The summed E-state index contributed by atoms with van der Waals surface area (Å²) in [5.74, 6) is 0.583. The van der Waals surface area contributed by atoms with Crippen molar-refractivity contribution in [3.63, 3.8) is 0 Å². The molecule has 0 unspecified atom stereocenters. The molecule has 0 aliphatic carbocycles. The average Bonchev–Trinajstić information content (AvgIpc) is 2.97. The highest BCUT2D eigenvalue weighted by Crippen LogP contribution is 2.11. The minimum absolute atomic E-state index is 0. The molecule has 0 aromatic heterocycles. The number of hydrogen-bond acceptors (Lipinski definition) is 5. The van der Waals surface area contributed by atoms with Gasteiger partial charge >= 0.3 is 0 Å². The van der Waals surface area contributed by atoms with E-state index in [-0.39, 0.29) is 30.7 Å². The van der Waals surface area contributed by atoms with E-state index in [1.807, 2.05) is 4.90 Å². The first kappa shape index (κ1) is 25.4. The van der Waals surface area contributed by atoms with Crippen LogP contribution in [0, 0.1) is 0 Å². The molecule has 28 heavy (non-hydrogen) atoms. The Morgan fingerprint density at radius 3 is 1.79 bits per heavy atom. The molecule has 0 radical (unpaired) electrons. The third-order valence-corrected chi connectivity index (χ3v) is 5.89. The van der Waals surface area contributed by atoms with Gasteiger partial charge in [0, 0.05) is 78.4 Å². The second-order valence-corrected chi connectivity index (χ2v) is 7.79. The molecule has 3 fully saturated rings. The Bertz CT molecular complexity index is 461. The van der Waals surface area contributed by atoms with Crippen molar-refractivity contribution >= 4 is 36.6 Å². The second kappa shape index (κ2) is 13.6. The Hall–Kier alpha value is -0.600. The number of amides is 2. The number of rotatable bonds is 5. The molecule has 3 rings (SSSR count). The molecule has 164 valence electrons. The summed E-state index contributed by atoms with van der Waals surface area (Å²) in [5.41, 5.74) is 0. The number of halogens is 2. The van der Waals surface area contributed by atoms with Crippen molar-refractivity contribution in [1.82, 2.24) is 24.9 Å². The Morgan fingerprint density at radius 2 is 1.18 bits per heavy atom. The van der Waals surface area contributed by atoms with E-state index in [0.717, 1.165) is 84.8 Å². The molecule has 1 N–H and O–H groups in total. The fourth-order valence-corrected chi connectivity index (χ4v) is 4.11. The van der Waals surface area contributed by atoms with E-state index in [0.29, 0.717) is 18.9 Å². The van der Waals surface area contributed by atoms with E-state index in [2.05, 4.69) is 20.0 Å². The molecule has 9 heteroatoms. The molecule has 0 aromatic rings. The van der Waals surface area contributed by atoms with Gasteiger partial charge in [-0.2, -0.15) is 0 Å². The molecule has 0 spiro atoms. The summed E-state index contributed by atoms with van der Waals surface area (Å²) in [6, 6.07) is 0. The molecular formula is C19H37Cl2N5O2. The molecule has 0 aromatic carbocycles. The summed E-state index contributed by atoms with van der Waals surface area (Å²) in [7, 11) is 0. The van der Waals surface area contributed by atoms with Crippen LogP contribution in [0.1, 0.15) is 32.1 Å². The fourth-order valence-electron chi connectivity index (χ4n) is 4.11. The van der Waals surface area contributed by atoms with E-state index < -0.39 is 0 Å². The predicted octanol–water partition coefficient (Wildman–Crippen LogP) is 0.672. The first-order valence-corrected chi connectivity index (χ1v) is 10.4. The minimum Gasteiger partial charge on any atom is -0.342 e. The highest BCUT2D eigenvalue weighted by atomic mass is 35.5. The van der Waals surface area contributed by atoms with Crippen LogP contribution in [-0.4, -0.2) is 110 Å². The molecule has 7 nitrogen and oxygen atoms in total. The molecule has 3 aliphatic rings. The maximum absolute atomic E-state index is 12.5. The zero-order valence-electron chi connectivity index (χ0n) is 16.9. The predicted molar refractivity (Wildman–Crippen MR) is 116 cm³/mol. The van der Waals surface area contributed by atoms with Crippen molar-refractivity contribution in [1.29, 1.82) is 0 Å². The van der Waals surface area contributed by atoms with Gasteiger partial charge in [0.05, 0.1) is 6.54 Å². The van der Waals surface area contributed by atoms with Crippen LogP contribution >= 0.6 is 24.8 Å². The SMILES string of the molecule is Cl.Cl.O=C(CCN1CCN(CC(=O)N2CCCCCC2)CC1)N1CCNCC1. The van der Waals surface area contributed by atoms with Gasteiger partial charge in [0.15, 0.2) is 0 Å². The van der Waals surface area contributed by atoms with Crippen LogP contribution in [0.15, 0.2) is 0 Å². The van der Waals surface area contributed by atoms with Gasteiger partial charge in [-0.05, 0) is 12.8 Å². The first-order valence-electron chi connectivity index (χ1n) is 10.4. The van der Waals surface area contributed by atoms with Gasteiger partial charge in [0.25, 0.3) is 0 Å².